The molecule has 1 aliphatic heterocycles. The Kier molecular flexibility index (Phi) is 3.63. The number of nitrogens with zero attached hydrogens (tertiary/aromatic N) is 1. The van der Waals surface area contributed by atoms with Crippen LogP contribution in [-0.4, -0.2) is 25.3 Å². The topological polar surface area (TPSA) is 46.6 Å². The van der Waals surface area contributed by atoms with Crippen molar-refractivity contribution in [1.82, 2.24) is 0 Å². The van der Waals surface area contributed by atoms with Crippen LogP contribution in [0.1, 0.15) is 31.8 Å². The maximum absolute atomic E-state index is 13.5. The van der Waals surface area contributed by atoms with Crippen molar-refractivity contribution >= 4 is 17.4 Å². The number of hydrogen-bond donors (Lipinski definition) is 0. The second-order valence-electron chi connectivity index (χ2n) is 7.39. The Bertz CT molecular complexity index is 1110. The fourth-order valence-corrected chi connectivity index (χ4v) is 4.53. The summed E-state index contributed by atoms with van der Waals surface area (Å²) in [6.07, 6.45) is 0.611. The number of ether oxygens (including phenoxy) is 1. The van der Waals surface area contributed by atoms with Crippen LogP contribution < -0.4 is 9.64 Å². The van der Waals surface area contributed by atoms with Gasteiger partial charge < -0.3 is 9.64 Å². The Morgan fingerprint density at radius 3 is 2.50 bits per heavy atom. The lowest BCUT2D eigenvalue weighted by Gasteiger charge is -2.23. The number of carbonyl (C=O) groups is 2. The number of anilines is 1. The summed E-state index contributed by atoms with van der Waals surface area (Å²) in [5.74, 6) is 0.665. The molecule has 2 aliphatic rings. The number of hydrogen-bond acceptors (Lipinski definition) is 3. The number of methoxy groups -OCH3 is 1. The SMILES string of the molecule is COc1ccc2c(c1)N(C(=O)c1ccccc1)CC21Cc2ccccc2C1=O. The first kappa shape index (κ1) is 16.8. The molecular weight excluding hydrogens is 350 g/mol. The minimum absolute atomic E-state index is 0.0953. The largest absolute Gasteiger partial charge is 0.497 e. The highest BCUT2D eigenvalue weighted by molar-refractivity contribution is 6.15. The minimum atomic E-state index is -0.726. The van der Waals surface area contributed by atoms with Crippen LogP contribution in [0.4, 0.5) is 5.69 Å². The molecule has 1 heterocycles. The zero-order valence-corrected chi connectivity index (χ0v) is 15.5. The second kappa shape index (κ2) is 6.06. The van der Waals surface area contributed by atoms with Crippen molar-refractivity contribution in [3.63, 3.8) is 0 Å². The summed E-state index contributed by atoms with van der Waals surface area (Å²) in [4.78, 5) is 28.5. The zero-order chi connectivity index (χ0) is 19.3. The minimum Gasteiger partial charge on any atom is -0.497 e. The Morgan fingerprint density at radius 1 is 1.00 bits per heavy atom. The Hall–Kier alpha value is -3.40. The summed E-state index contributed by atoms with van der Waals surface area (Å²) in [5, 5.41) is 0. The van der Waals surface area contributed by atoms with E-state index in [1.54, 1.807) is 24.1 Å². The van der Waals surface area contributed by atoms with Gasteiger partial charge in [-0.05, 0) is 35.7 Å². The molecule has 3 aromatic rings. The van der Waals surface area contributed by atoms with E-state index in [4.69, 9.17) is 4.74 Å². The number of ketones is 1. The van der Waals surface area contributed by atoms with Crippen LogP contribution in [0, 0.1) is 0 Å². The van der Waals surface area contributed by atoms with Gasteiger partial charge in [0, 0.05) is 23.7 Å². The average Bonchev–Trinajstić information content (AvgIpc) is 3.23. The standard InChI is InChI=1S/C24H19NO3/c1-28-18-11-12-20-21(13-18)25(23(27)16-7-3-2-4-8-16)15-24(20)14-17-9-5-6-10-19(17)22(24)26/h2-13H,14-15H2,1H3. The molecule has 4 heteroatoms. The first-order chi connectivity index (χ1) is 13.6. The quantitative estimate of drug-likeness (QED) is 0.685. The molecule has 5 rings (SSSR count). The normalized spacial score (nSPS) is 19.6. The van der Waals surface area contributed by atoms with E-state index in [0.717, 1.165) is 22.4 Å². The van der Waals surface area contributed by atoms with Gasteiger partial charge in [0.25, 0.3) is 5.91 Å². The van der Waals surface area contributed by atoms with Gasteiger partial charge in [0.05, 0.1) is 18.2 Å². The van der Waals surface area contributed by atoms with Crippen LogP contribution in [-0.2, 0) is 11.8 Å². The number of Topliss-reactive ketones (excluding diaryl/α,β-unsaturated/α-hetero) is 1. The molecule has 4 nitrogen and oxygen atoms in total. The second-order valence-corrected chi connectivity index (χ2v) is 7.39. The van der Waals surface area contributed by atoms with E-state index in [-0.39, 0.29) is 11.7 Å². The molecule has 0 bridgehead atoms. The molecular formula is C24H19NO3. The van der Waals surface area contributed by atoms with E-state index < -0.39 is 5.41 Å². The molecule has 28 heavy (non-hydrogen) atoms. The summed E-state index contributed by atoms with van der Waals surface area (Å²) in [7, 11) is 1.60. The molecule has 138 valence electrons. The number of benzene rings is 3. The van der Waals surface area contributed by atoms with Crippen molar-refractivity contribution in [3.8, 4) is 5.75 Å². The molecule has 0 saturated heterocycles. The van der Waals surface area contributed by atoms with Crippen LogP contribution in [0.5, 0.6) is 5.75 Å². The van der Waals surface area contributed by atoms with Crippen LogP contribution >= 0.6 is 0 Å². The van der Waals surface area contributed by atoms with Crippen LogP contribution in [0.25, 0.3) is 0 Å². The molecule has 1 unspecified atom stereocenters. The van der Waals surface area contributed by atoms with Crippen molar-refractivity contribution in [2.45, 2.75) is 11.8 Å². The monoisotopic (exact) mass is 369 g/mol. The van der Waals surface area contributed by atoms with Gasteiger partial charge in [0.15, 0.2) is 5.78 Å². The van der Waals surface area contributed by atoms with E-state index >= 15 is 0 Å². The predicted molar refractivity (Wildman–Crippen MR) is 107 cm³/mol. The average molecular weight is 369 g/mol. The molecule has 1 spiro atoms. The van der Waals surface area contributed by atoms with Gasteiger partial charge >= 0.3 is 0 Å². The molecule has 1 aliphatic carbocycles. The van der Waals surface area contributed by atoms with Crippen molar-refractivity contribution in [2.24, 2.45) is 0 Å². The third-order valence-electron chi connectivity index (χ3n) is 5.89. The third-order valence-corrected chi connectivity index (χ3v) is 5.89. The summed E-state index contributed by atoms with van der Waals surface area (Å²) in [6, 6.07) is 22.6. The smallest absolute Gasteiger partial charge is 0.258 e. The fourth-order valence-electron chi connectivity index (χ4n) is 4.53. The first-order valence-electron chi connectivity index (χ1n) is 9.32. The molecule has 0 radical (unpaired) electrons. The van der Waals surface area contributed by atoms with E-state index in [2.05, 4.69) is 0 Å². The molecule has 0 fully saturated rings. The lowest BCUT2D eigenvalue weighted by Crippen LogP contribution is -2.41. The molecule has 0 N–H and O–H groups in total. The summed E-state index contributed by atoms with van der Waals surface area (Å²) in [5.41, 5.74) is 3.35. The summed E-state index contributed by atoms with van der Waals surface area (Å²) >= 11 is 0. The zero-order valence-electron chi connectivity index (χ0n) is 15.5. The fraction of sp³-hybridized carbons (Fsp3) is 0.167. The number of rotatable bonds is 2. The van der Waals surface area contributed by atoms with Crippen LogP contribution in [0.3, 0.4) is 0 Å². The summed E-state index contributed by atoms with van der Waals surface area (Å²) in [6.45, 7) is 0.344. The van der Waals surface area contributed by atoms with Crippen molar-refractivity contribution < 1.29 is 14.3 Å². The van der Waals surface area contributed by atoms with E-state index in [1.165, 1.54) is 0 Å². The highest BCUT2D eigenvalue weighted by Gasteiger charge is 2.54. The molecule has 3 aromatic carbocycles. The van der Waals surface area contributed by atoms with Gasteiger partial charge in [0.2, 0.25) is 0 Å². The van der Waals surface area contributed by atoms with Gasteiger partial charge in [-0.1, -0.05) is 48.5 Å². The number of carbonyl (C=O) groups excluding carboxylic acids is 2. The predicted octanol–water partition coefficient (Wildman–Crippen LogP) is 4.03. The Balaban J connectivity index is 1.66. The van der Waals surface area contributed by atoms with Crippen molar-refractivity contribution in [3.05, 3.63) is 95.1 Å². The number of amides is 1. The molecule has 0 aromatic heterocycles. The summed E-state index contributed by atoms with van der Waals surface area (Å²) < 4.78 is 5.39. The maximum atomic E-state index is 13.5. The number of fused-ring (bicyclic) bond motifs is 3. The van der Waals surface area contributed by atoms with E-state index in [9.17, 15) is 9.59 Å². The van der Waals surface area contributed by atoms with Crippen LogP contribution in [0.15, 0.2) is 72.8 Å². The first-order valence-corrected chi connectivity index (χ1v) is 9.32. The van der Waals surface area contributed by atoms with E-state index in [1.807, 2.05) is 60.7 Å². The molecule has 0 saturated carbocycles. The van der Waals surface area contributed by atoms with Gasteiger partial charge in [-0.15, -0.1) is 0 Å². The molecule has 1 amide bonds. The van der Waals surface area contributed by atoms with Gasteiger partial charge in [-0.3, -0.25) is 9.59 Å². The lowest BCUT2D eigenvalue weighted by atomic mass is 9.78. The lowest BCUT2D eigenvalue weighted by molar-refractivity contribution is 0.0906. The van der Waals surface area contributed by atoms with Crippen molar-refractivity contribution in [1.29, 1.82) is 0 Å². The third kappa shape index (κ3) is 2.24. The van der Waals surface area contributed by atoms with Gasteiger partial charge in [0.1, 0.15) is 5.75 Å². The molecule has 1 atom stereocenters. The maximum Gasteiger partial charge on any atom is 0.258 e. The highest BCUT2D eigenvalue weighted by Crippen LogP contribution is 2.50. The van der Waals surface area contributed by atoms with E-state index in [0.29, 0.717) is 24.3 Å². The van der Waals surface area contributed by atoms with Gasteiger partial charge in [-0.2, -0.15) is 0 Å². The highest BCUT2D eigenvalue weighted by atomic mass is 16.5. The Morgan fingerprint density at radius 2 is 1.75 bits per heavy atom. The van der Waals surface area contributed by atoms with Crippen LogP contribution in [0.2, 0.25) is 0 Å². The van der Waals surface area contributed by atoms with Gasteiger partial charge in [-0.25, -0.2) is 0 Å². The Labute approximate surface area is 163 Å². The van der Waals surface area contributed by atoms with Crippen molar-refractivity contribution in [2.75, 3.05) is 18.6 Å².